The summed E-state index contributed by atoms with van der Waals surface area (Å²) >= 11 is 0. The Morgan fingerprint density at radius 3 is 2.88 bits per heavy atom. The number of methoxy groups -OCH3 is 1. The zero-order valence-electron chi connectivity index (χ0n) is 10.2. The Morgan fingerprint density at radius 1 is 1.41 bits per heavy atom. The molecule has 0 aliphatic heterocycles. The van der Waals surface area contributed by atoms with Crippen molar-refractivity contribution in [1.29, 1.82) is 0 Å². The lowest BCUT2D eigenvalue weighted by Crippen LogP contribution is -2.19. The molecule has 0 saturated heterocycles. The maximum atomic E-state index is 12.9. The van der Waals surface area contributed by atoms with Crippen molar-refractivity contribution in [1.82, 2.24) is 5.32 Å². The Labute approximate surface area is 103 Å². The molecule has 0 spiro atoms. The number of hydrogen-bond donors (Lipinski definition) is 1. The lowest BCUT2D eigenvalue weighted by molar-refractivity contribution is 0.240. The van der Waals surface area contributed by atoms with Gasteiger partial charge in [0.15, 0.2) is 0 Å². The van der Waals surface area contributed by atoms with Crippen molar-refractivity contribution in [3.63, 3.8) is 0 Å². The van der Waals surface area contributed by atoms with Gasteiger partial charge in [0.05, 0.1) is 12.8 Å². The van der Waals surface area contributed by atoms with Gasteiger partial charge in [0, 0.05) is 19.5 Å². The number of halogens is 1. The third-order valence-electron chi connectivity index (χ3n) is 3.03. The van der Waals surface area contributed by atoms with E-state index in [0.29, 0.717) is 12.3 Å². The maximum absolute atomic E-state index is 12.9. The number of allylic oxidation sites excluding steroid dienone is 6. The second kappa shape index (κ2) is 5.21. The van der Waals surface area contributed by atoms with E-state index in [1.807, 2.05) is 12.2 Å². The minimum Gasteiger partial charge on any atom is -0.499 e. The Morgan fingerprint density at radius 2 is 2.24 bits per heavy atom. The summed E-state index contributed by atoms with van der Waals surface area (Å²) in [5, 5.41) is 3.29. The van der Waals surface area contributed by atoms with Gasteiger partial charge >= 0.3 is 0 Å². The van der Waals surface area contributed by atoms with Crippen molar-refractivity contribution in [3.05, 3.63) is 47.5 Å². The van der Waals surface area contributed by atoms with Crippen LogP contribution in [0.2, 0.25) is 0 Å². The maximum Gasteiger partial charge on any atom is 0.122 e. The molecule has 17 heavy (non-hydrogen) atoms. The average molecular weight is 237 g/mol. The van der Waals surface area contributed by atoms with Crippen LogP contribution in [-0.4, -0.2) is 13.3 Å². The van der Waals surface area contributed by atoms with Crippen molar-refractivity contribution in [3.8, 4) is 0 Å². The van der Waals surface area contributed by atoms with Crippen molar-refractivity contribution in [2.45, 2.75) is 25.9 Å². The summed E-state index contributed by atoms with van der Waals surface area (Å²) in [5.74, 6) is 1.35. The molecule has 2 unspecified atom stereocenters. The van der Waals surface area contributed by atoms with Crippen LogP contribution in [0.5, 0.6) is 0 Å². The Kier molecular flexibility index (Phi) is 3.67. The predicted molar refractivity (Wildman–Crippen MR) is 68.9 cm³/mol. The van der Waals surface area contributed by atoms with Gasteiger partial charge in [0.1, 0.15) is 11.9 Å². The summed E-state index contributed by atoms with van der Waals surface area (Å²) in [6, 6.07) is 0. The van der Waals surface area contributed by atoms with Gasteiger partial charge in [-0.15, -0.1) is 0 Å². The Bertz CT molecular complexity index is 412. The number of ether oxygens (including phenoxy) is 1. The molecule has 0 fully saturated rings. The SMILES string of the molecule is COC1=C(NC2=CCC(F)C=C2)C=CCC1C.[HH]. The summed E-state index contributed by atoms with van der Waals surface area (Å²) in [7, 11) is 1.69. The van der Waals surface area contributed by atoms with Crippen LogP contribution in [0.25, 0.3) is 0 Å². The second-order valence-electron chi connectivity index (χ2n) is 4.42. The predicted octanol–water partition coefficient (Wildman–Crippen LogP) is 3.46. The minimum atomic E-state index is -0.850. The van der Waals surface area contributed by atoms with E-state index in [-0.39, 0.29) is 1.43 Å². The molecule has 2 rings (SSSR count). The summed E-state index contributed by atoms with van der Waals surface area (Å²) in [6.07, 6.45) is 9.96. The van der Waals surface area contributed by atoms with E-state index >= 15 is 0 Å². The lowest BCUT2D eigenvalue weighted by Gasteiger charge is -2.22. The molecule has 1 N–H and O–H groups in total. The van der Waals surface area contributed by atoms with Crippen LogP contribution in [0.1, 0.15) is 21.2 Å². The average Bonchev–Trinajstić information content (AvgIpc) is 2.32. The van der Waals surface area contributed by atoms with Crippen LogP contribution in [0.3, 0.4) is 0 Å². The molecule has 0 aromatic heterocycles. The first-order valence-electron chi connectivity index (χ1n) is 5.95. The first-order chi connectivity index (χ1) is 8.20. The van der Waals surface area contributed by atoms with Crippen LogP contribution in [0.4, 0.5) is 4.39 Å². The van der Waals surface area contributed by atoms with Gasteiger partial charge < -0.3 is 10.1 Å². The largest absolute Gasteiger partial charge is 0.499 e. The summed E-state index contributed by atoms with van der Waals surface area (Å²) in [5.41, 5.74) is 1.90. The normalized spacial score (nSPS) is 28.1. The Balaban J connectivity index is 0.00000162. The van der Waals surface area contributed by atoms with E-state index in [0.717, 1.165) is 23.6 Å². The van der Waals surface area contributed by atoms with E-state index in [2.05, 4.69) is 18.3 Å². The van der Waals surface area contributed by atoms with Crippen molar-refractivity contribution in [2.75, 3.05) is 7.11 Å². The van der Waals surface area contributed by atoms with Crippen LogP contribution in [0.15, 0.2) is 47.5 Å². The highest BCUT2D eigenvalue weighted by Gasteiger charge is 2.17. The summed E-state index contributed by atoms with van der Waals surface area (Å²) in [4.78, 5) is 0. The topological polar surface area (TPSA) is 21.3 Å². The molecular weight excluding hydrogens is 217 g/mol. The summed E-state index contributed by atoms with van der Waals surface area (Å²) < 4.78 is 18.3. The molecule has 0 amide bonds. The van der Waals surface area contributed by atoms with Gasteiger partial charge in [-0.05, 0) is 24.6 Å². The molecule has 2 atom stereocenters. The van der Waals surface area contributed by atoms with E-state index < -0.39 is 6.17 Å². The minimum absolute atomic E-state index is 0. The Hall–Kier alpha value is -1.51. The number of hydrogen-bond acceptors (Lipinski definition) is 2. The number of rotatable bonds is 3. The van der Waals surface area contributed by atoms with Crippen molar-refractivity contribution >= 4 is 0 Å². The first kappa shape index (κ1) is 12.0. The van der Waals surface area contributed by atoms with Crippen molar-refractivity contribution < 1.29 is 10.6 Å². The molecule has 0 saturated carbocycles. The van der Waals surface area contributed by atoms with Crippen LogP contribution in [-0.2, 0) is 4.74 Å². The zero-order chi connectivity index (χ0) is 12.3. The molecule has 2 aliphatic carbocycles. The van der Waals surface area contributed by atoms with E-state index in [1.165, 1.54) is 0 Å². The van der Waals surface area contributed by atoms with E-state index in [1.54, 1.807) is 19.3 Å². The fourth-order valence-corrected chi connectivity index (χ4v) is 2.10. The molecular formula is C14H20FNO. The van der Waals surface area contributed by atoms with Gasteiger partial charge in [-0.2, -0.15) is 0 Å². The van der Waals surface area contributed by atoms with Gasteiger partial charge in [0.2, 0.25) is 0 Å². The molecule has 3 heteroatoms. The zero-order valence-corrected chi connectivity index (χ0v) is 10.2. The monoisotopic (exact) mass is 237 g/mol. The van der Waals surface area contributed by atoms with Crippen LogP contribution < -0.4 is 5.32 Å². The van der Waals surface area contributed by atoms with Crippen LogP contribution >= 0.6 is 0 Å². The van der Waals surface area contributed by atoms with Gasteiger partial charge in [0.25, 0.3) is 0 Å². The quantitative estimate of drug-likeness (QED) is 0.811. The highest BCUT2D eigenvalue weighted by molar-refractivity contribution is 5.34. The number of nitrogens with one attached hydrogen (secondary N) is 1. The molecule has 0 bridgehead atoms. The smallest absolute Gasteiger partial charge is 0.122 e. The third-order valence-corrected chi connectivity index (χ3v) is 3.03. The van der Waals surface area contributed by atoms with Gasteiger partial charge in [-0.1, -0.05) is 19.1 Å². The summed E-state index contributed by atoms with van der Waals surface area (Å²) in [6.45, 7) is 2.13. The lowest BCUT2D eigenvalue weighted by atomic mass is 9.98. The fourth-order valence-electron chi connectivity index (χ4n) is 2.10. The molecule has 0 aromatic carbocycles. The van der Waals surface area contributed by atoms with E-state index in [4.69, 9.17) is 4.74 Å². The standard InChI is InChI=1S/C14H18FNO.H2/c1-10-4-3-5-13(14(10)17-2)16-12-8-6-11(15)7-9-12;/h3,5-6,8-11,16H,4,7H2,1-2H3;1H. The molecule has 0 heterocycles. The molecule has 2 nitrogen and oxygen atoms in total. The molecule has 0 radical (unpaired) electrons. The fraction of sp³-hybridized carbons (Fsp3) is 0.429. The van der Waals surface area contributed by atoms with E-state index in [9.17, 15) is 4.39 Å². The third kappa shape index (κ3) is 2.78. The van der Waals surface area contributed by atoms with Crippen LogP contribution in [0, 0.1) is 5.92 Å². The molecule has 94 valence electrons. The number of alkyl halides is 1. The highest BCUT2D eigenvalue weighted by atomic mass is 19.1. The van der Waals surface area contributed by atoms with Crippen molar-refractivity contribution in [2.24, 2.45) is 5.92 Å². The molecule has 2 aliphatic rings. The van der Waals surface area contributed by atoms with Gasteiger partial charge in [-0.25, -0.2) is 4.39 Å². The van der Waals surface area contributed by atoms with Gasteiger partial charge in [-0.3, -0.25) is 0 Å². The first-order valence-corrected chi connectivity index (χ1v) is 5.95. The molecule has 0 aromatic rings. The highest BCUT2D eigenvalue weighted by Crippen LogP contribution is 2.25. The second-order valence-corrected chi connectivity index (χ2v) is 4.42.